The van der Waals surface area contributed by atoms with Gasteiger partial charge in [0.1, 0.15) is 0 Å². The molecule has 0 aromatic heterocycles. The lowest BCUT2D eigenvalue weighted by atomic mass is 9.71. The highest BCUT2D eigenvalue weighted by Gasteiger charge is 2.42. The molecule has 0 unspecified atom stereocenters. The van der Waals surface area contributed by atoms with Gasteiger partial charge in [-0.15, -0.1) is 0 Å². The van der Waals surface area contributed by atoms with Crippen molar-refractivity contribution in [2.24, 2.45) is 11.3 Å². The van der Waals surface area contributed by atoms with Crippen LogP contribution >= 0.6 is 0 Å². The third-order valence-electron chi connectivity index (χ3n) is 4.78. The number of hydrogen-bond donors (Lipinski definition) is 0. The average Bonchev–Trinajstić information content (AvgIpc) is 3.11. The van der Waals surface area contributed by atoms with Gasteiger partial charge in [0, 0.05) is 13.1 Å². The van der Waals surface area contributed by atoms with Gasteiger partial charge in [-0.25, -0.2) is 12.7 Å². The fraction of sp³-hybridized carbons (Fsp3) is 1.00. The minimum absolute atomic E-state index is 0.0668. The first-order valence-corrected chi connectivity index (χ1v) is 8.70. The Bertz CT molecular complexity index is 385. The van der Waals surface area contributed by atoms with Crippen molar-refractivity contribution >= 4 is 10.0 Å². The van der Waals surface area contributed by atoms with Gasteiger partial charge in [-0.05, 0) is 49.9 Å². The van der Waals surface area contributed by atoms with Crippen LogP contribution in [0.25, 0.3) is 0 Å². The third kappa shape index (κ3) is 2.90. The molecule has 0 aromatic rings. The number of rotatable bonds is 3. The van der Waals surface area contributed by atoms with E-state index in [9.17, 15) is 8.42 Å². The lowest BCUT2D eigenvalue weighted by Crippen LogP contribution is -2.42. The van der Waals surface area contributed by atoms with E-state index in [1.807, 2.05) is 0 Å². The SMILES string of the molecule is CN(C1CCC(C(C)(C)C)CC1)S(=O)(=O)C1CC1. The largest absolute Gasteiger partial charge is 0.216 e. The van der Waals surface area contributed by atoms with Gasteiger partial charge in [0.05, 0.1) is 5.25 Å². The van der Waals surface area contributed by atoms with Gasteiger partial charge < -0.3 is 0 Å². The van der Waals surface area contributed by atoms with Crippen molar-refractivity contribution in [2.75, 3.05) is 7.05 Å². The molecule has 0 saturated heterocycles. The van der Waals surface area contributed by atoms with Crippen LogP contribution in [-0.4, -0.2) is 31.1 Å². The van der Waals surface area contributed by atoms with Crippen molar-refractivity contribution in [3.63, 3.8) is 0 Å². The Morgan fingerprint density at radius 3 is 1.83 bits per heavy atom. The topological polar surface area (TPSA) is 37.4 Å². The maximum atomic E-state index is 12.2. The van der Waals surface area contributed by atoms with E-state index in [-0.39, 0.29) is 11.3 Å². The summed E-state index contributed by atoms with van der Waals surface area (Å²) in [6.07, 6.45) is 6.13. The average molecular weight is 273 g/mol. The standard InChI is InChI=1S/C14H27NO2S/c1-14(2,3)11-5-7-12(8-6-11)15(4)18(16,17)13-9-10-13/h11-13H,5-10H2,1-4H3. The summed E-state index contributed by atoms with van der Waals surface area (Å²) in [4.78, 5) is 0. The smallest absolute Gasteiger partial charge is 0.212 e. The zero-order chi connectivity index (χ0) is 13.6. The summed E-state index contributed by atoms with van der Waals surface area (Å²) >= 11 is 0. The Hall–Kier alpha value is -0.0900. The number of nitrogens with zero attached hydrogens (tertiary/aromatic N) is 1. The van der Waals surface area contributed by atoms with Crippen LogP contribution in [0.4, 0.5) is 0 Å². The fourth-order valence-corrected chi connectivity index (χ4v) is 4.94. The summed E-state index contributed by atoms with van der Waals surface area (Å²) in [5.74, 6) is 0.741. The van der Waals surface area contributed by atoms with Gasteiger partial charge in [0.25, 0.3) is 0 Å². The first-order valence-electron chi connectivity index (χ1n) is 7.20. The molecule has 0 N–H and O–H groups in total. The van der Waals surface area contributed by atoms with E-state index >= 15 is 0 Å². The summed E-state index contributed by atoms with van der Waals surface area (Å²) < 4.78 is 26.1. The summed E-state index contributed by atoms with van der Waals surface area (Å²) in [7, 11) is -1.20. The van der Waals surface area contributed by atoms with Crippen molar-refractivity contribution in [3.05, 3.63) is 0 Å². The first kappa shape index (κ1) is 14.3. The molecular weight excluding hydrogens is 246 g/mol. The molecule has 2 rings (SSSR count). The predicted molar refractivity (Wildman–Crippen MR) is 74.9 cm³/mol. The van der Waals surface area contributed by atoms with E-state index in [4.69, 9.17) is 0 Å². The zero-order valence-electron chi connectivity index (χ0n) is 12.1. The van der Waals surface area contributed by atoms with Crippen LogP contribution in [0.2, 0.25) is 0 Å². The Morgan fingerprint density at radius 1 is 0.944 bits per heavy atom. The van der Waals surface area contributed by atoms with E-state index in [0.29, 0.717) is 5.41 Å². The van der Waals surface area contributed by atoms with Crippen LogP contribution in [0.3, 0.4) is 0 Å². The lowest BCUT2D eigenvalue weighted by molar-refractivity contribution is 0.142. The highest BCUT2D eigenvalue weighted by Crippen LogP contribution is 2.40. The monoisotopic (exact) mass is 273 g/mol. The first-order chi connectivity index (χ1) is 8.23. The van der Waals surface area contributed by atoms with Gasteiger partial charge in [-0.3, -0.25) is 0 Å². The number of sulfonamides is 1. The van der Waals surface area contributed by atoms with Gasteiger partial charge in [0.15, 0.2) is 0 Å². The molecule has 0 heterocycles. The molecule has 2 aliphatic carbocycles. The van der Waals surface area contributed by atoms with Crippen molar-refractivity contribution < 1.29 is 8.42 Å². The van der Waals surface area contributed by atoms with E-state index < -0.39 is 10.0 Å². The Balaban J connectivity index is 1.94. The van der Waals surface area contributed by atoms with Crippen LogP contribution in [0.1, 0.15) is 59.3 Å². The van der Waals surface area contributed by atoms with Crippen LogP contribution in [0, 0.1) is 11.3 Å². The fourth-order valence-electron chi connectivity index (χ4n) is 3.11. The van der Waals surface area contributed by atoms with E-state index in [2.05, 4.69) is 20.8 Å². The van der Waals surface area contributed by atoms with E-state index in [1.54, 1.807) is 11.4 Å². The Morgan fingerprint density at radius 2 is 1.44 bits per heavy atom. The number of hydrogen-bond acceptors (Lipinski definition) is 2. The predicted octanol–water partition coefficient (Wildman–Crippen LogP) is 3.02. The van der Waals surface area contributed by atoms with Crippen LogP contribution in [0.5, 0.6) is 0 Å². The van der Waals surface area contributed by atoms with Crippen molar-refractivity contribution in [1.82, 2.24) is 4.31 Å². The molecule has 2 saturated carbocycles. The Kier molecular flexibility index (Phi) is 3.81. The molecule has 0 radical (unpaired) electrons. The minimum atomic E-state index is -2.99. The summed E-state index contributed by atoms with van der Waals surface area (Å²) in [5.41, 5.74) is 0.360. The molecule has 0 atom stereocenters. The minimum Gasteiger partial charge on any atom is -0.212 e. The second kappa shape index (κ2) is 4.78. The second-order valence-electron chi connectivity index (χ2n) is 7.13. The normalized spacial score (nSPS) is 30.7. The molecule has 0 amide bonds. The molecule has 106 valence electrons. The molecule has 2 aliphatic rings. The quantitative estimate of drug-likeness (QED) is 0.792. The van der Waals surface area contributed by atoms with Crippen LogP contribution < -0.4 is 0 Å². The molecule has 0 bridgehead atoms. The zero-order valence-corrected chi connectivity index (χ0v) is 13.0. The maximum absolute atomic E-state index is 12.2. The molecule has 0 aromatic carbocycles. The van der Waals surface area contributed by atoms with Crippen molar-refractivity contribution in [2.45, 2.75) is 70.6 Å². The lowest BCUT2D eigenvalue weighted by Gasteiger charge is -2.39. The maximum Gasteiger partial charge on any atom is 0.216 e. The van der Waals surface area contributed by atoms with Crippen LogP contribution in [-0.2, 0) is 10.0 Å². The van der Waals surface area contributed by atoms with E-state index in [1.165, 1.54) is 12.8 Å². The second-order valence-corrected chi connectivity index (χ2v) is 9.40. The molecule has 0 aliphatic heterocycles. The van der Waals surface area contributed by atoms with Crippen molar-refractivity contribution in [1.29, 1.82) is 0 Å². The van der Waals surface area contributed by atoms with Crippen LogP contribution in [0.15, 0.2) is 0 Å². The van der Waals surface area contributed by atoms with E-state index in [0.717, 1.165) is 31.6 Å². The van der Waals surface area contributed by atoms with Gasteiger partial charge in [0.2, 0.25) is 10.0 Å². The molecule has 2 fully saturated rings. The molecular formula is C14H27NO2S. The van der Waals surface area contributed by atoms with Gasteiger partial charge in [-0.2, -0.15) is 0 Å². The molecule has 0 spiro atoms. The summed E-state index contributed by atoms with van der Waals surface area (Å²) in [6, 6.07) is 0.245. The molecule has 3 nitrogen and oxygen atoms in total. The summed E-state index contributed by atoms with van der Waals surface area (Å²) in [5, 5.41) is -0.0668. The molecule has 4 heteroatoms. The molecule has 18 heavy (non-hydrogen) atoms. The van der Waals surface area contributed by atoms with Crippen molar-refractivity contribution in [3.8, 4) is 0 Å². The third-order valence-corrected chi connectivity index (χ3v) is 7.20. The van der Waals surface area contributed by atoms with Gasteiger partial charge >= 0.3 is 0 Å². The Labute approximate surface area is 112 Å². The van der Waals surface area contributed by atoms with Gasteiger partial charge in [-0.1, -0.05) is 20.8 Å². The highest BCUT2D eigenvalue weighted by molar-refractivity contribution is 7.90. The summed E-state index contributed by atoms with van der Waals surface area (Å²) in [6.45, 7) is 6.88. The highest BCUT2D eigenvalue weighted by atomic mass is 32.2.